The van der Waals surface area contributed by atoms with Gasteiger partial charge in [-0.2, -0.15) is 0 Å². The van der Waals surface area contributed by atoms with Crippen molar-refractivity contribution in [2.45, 2.75) is 40.0 Å². The summed E-state index contributed by atoms with van der Waals surface area (Å²) < 4.78 is 0. The van der Waals surface area contributed by atoms with Crippen LogP contribution in [0.3, 0.4) is 0 Å². The molecule has 0 spiro atoms. The summed E-state index contributed by atoms with van der Waals surface area (Å²) in [5.74, 6) is -0.344. The lowest BCUT2D eigenvalue weighted by Crippen LogP contribution is -2.23. The van der Waals surface area contributed by atoms with E-state index < -0.39 is 0 Å². The summed E-state index contributed by atoms with van der Waals surface area (Å²) in [4.78, 5) is 12.2. The van der Waals surface area contributed by atoms with Crippen LogP contribution in [-0.2, 0) is 0 Å². The summed E-state index contributed by atoms with van der Waals surface area (Å²) in [6.07, 6.45) is 7.79. The lowest BCUT2D eigenvalue weighted by atomic mass is 9.72. The average Bonchev–Trinajstić information content (AvgIpc) is 2.55. The average molecular weight is 326 g/mol. The Morgan fingerprint density at radius 3 is 2.75 bits per heavy atom. The number of ketones is 1. The van der Waals surface area contributed by atoms with E-state index in [9.17, 15) is 4.79 Å². The molecular formula is C20H26N2O2. The molecule has 1 aliphatic carbocycles. The highest BCUT2D eigenvalue weighted by Crippen LogP contribution is 2.40. The summed E-state index contributed by atoms with van der Waals surface area (Å²) in [6.45, 7) is 6.67. The molecule has 0 bridgehead atoms. The summed E-state index contributed by atoms with van der Waals surface area (Å²) in [6, 6.07) is 7.28. The zero-order valence-corrected chi connectivity index (χ0v) is 14.7. The molecule has 0 radical (unpaired) electrons. The number of benzene rings is 1. The third kappa shape index (κ3) is 4.01. The lowest BCUT2D eigenvalue weighted by molar-refractivity contribution is 0.106. The van der Waals surface area contributed by atoms with Crippen LogP contribution in [0.15, 0.2) is 46.6 Å². The quantitative estimate of drug-likeness (QED) is 0.368. The van der Waals surface area contributed by atoms with Crippen molar-refractivity contribution < 1.29 is 10.0 Å². The minimum absolute atomic E-state index is 0.0388. The van der Waals surface area contributed by atoms with Gasteiger partial charge < -0.3 is 10.9 Å². The molecule has 4 heteroatoms. The Kier molecular flexibility index (Phi) is 5.73. The first kappa shape index (κ1) is 18.1. The Bertz CT molecular complexity index is 712. The van der Waals surface area contributed by atoms with Gasteiger partial charge in [-0.25, -0.2) is 0 Å². The summed E-state index contributed by atoms with van der Waals surface area (Å²) in [5, 5.41) is 11.8. The normalized spacial score (nSPS) is 18.2. The molecule has 0 fully saturated rings. The second kappa shape index (κ2) is 7.58. The van der Waals surface area contributed by atoms with Gasteiger partial charge in [0.15, 0.2) is 0 Å². The summed E-state index contributed by atoms with van der Waals surface area (Å²) >= 11 is 0. The van der Waals surface area contributed by atoms with Crippen LogP contribution in [0, 0.1) is 5.41 Å². The van der Waals surface area contributed by atoms with Crippen molar-refractivity contribution in [1.29, 1.82) is 0 Å². The topological polar surface area (TPSA) is 75.7 Å². The van der Waals surface area contributed by atoms with Crippen molar-refractivity contribution in [2.75, 3.05) is 6.54 Å². The number of nitrogens with zero attached hydrogens (tertiary/aromatic N) is 1. The highest BCUT2D eigenvalue weighted by atomic mass is 16.4. The third-order valence-electron chi connectivity index (χ3n) is 4.71. The molecule has 1 aromatic carbocycles. The standard InChI is InChI=1S/C20H26N2O2/c1-14-6-5-11-20(2,3)17(14)10-9-15-7-4-8-16(12-15)19(23)18(13-21)22-24/h4,7-10,12,24H,5-6,11,13,21H2,1-3H3/b10-9+,22-18?. The Labute approximate surface area is 143 Å². The fraction of sp³-hybridized carbons (Fsp3) is 0.400. The number of hydrogen-bond acceptors (Lipinski definition) is 4. The van der Waals surface area contributed by atoms with Crippen LogP contribution in [0.2, 0.25) is 0 Å². The molecule has 4 nitrogen and oxygen atoms in total. The van der Waals surface area contributed by atoms with Crippen molar-refractivity contribution in [2.24, 2.45) is 16.3 Å². The van der Waals surface area contributed by atoms with E-state index in [-0.39, 0.29) is 23.5 Å². The van der Waals surface area contributed by atoms with E-state index in [4.69, 9.17) is 10.9 Å². The van der Waals surface area contributed by atoms with E-state index >= 15 is 0 Å². The molecule has 2 rings (SSSR count). The Morgan fingerprint density at radius 2 is 2.12 bits per heavy atom. The van der Waals surface area contributed by atoms with E-state index in [1.165, 1.54) is 24.0 Å². The first-order valence-corrected chi connectivity index (χ1v) is 8.33. The van der Waals surface area contributed by atoms with Gasteiger partial charge in [0.1, 0.15) is 5.71 Å². The maximum Gasteiger partial charge on any atom is 0.211 e. The van der Waals surface area contributed by atoms with E-state index in [2.05, 4.69) is 32.0 Å². The van der Waals surface area contributed by atoms with Gasteiger partial charge >= 0.3 is 0 Å². The lowest BCUT2D eigenvalue weighted by Gasteiger charge is -2.32. The van der Waals surface area contributed by atoms with Gasteiger partial charge in [0.05, 0.1) is 0 Å². The van der Waals surface area contributed by atoms with Gasteiger partial charge in [-0.1, -0.05) is 54.9 Å². The van der Waals surface area contributed by atoms with Crippen molar-refractivity contribution in [3.05, 3.63) is 52.6 Å². The highest BCUT2D eigenvalue weighted by molar-refractivity contribution is 6.46. The molecule has 0 aromatic heterocycles. The van der Waals surface area contributed by atoms with Gasteiger partial charge in [0, 0.05) is 12.1 Å². The van der Waals surface area contributed by atoms with Crippen LogP contribution in [0.4, 0.5) is 0 Å². The van der Waals surface area contributed by atoms with Crippen molar-refractivity contribution in [3.8, 4) is 0 Å². The van der Waals surface area contributed by atoms with Gasteiger partial charge in [-0.3, -0.25) is 4.79 Å². The molecule has 0 saturated carbocycles. The fourth-order valence-corrected chi connectivity index (χ4v) is 3.32. The SMILES string of the molecule is CC1=C(/C=C/c2cccc(C(=O)C(CN)=NO)c2)C(C)(C)CCC1. The first-order chi connectivity index (χ1) is 11.4. The van der Waals surface area contributed by atoms with Crippen molar-refractivity contribution >= 4 is 17.6 Å². The molecule has 0 atom stereocenters. The molecule has 0 amide bonds. The number of carbonyl (C=O) groups is 1. The van der Waals surface area contributed by atoms with Gasteiger partial charge in [-0.15, -0.1) is 0 Å². The minimum Gasteiger partial charge on any atom is -0.410 e. The Balaban J connectivity index is 2.28. The third-order valence-corrected chi connectivity index (χ3v) is 4.71. The first-order valence-electron chi connectivity index (χ1n) is 8.33. The monoisotopic (exact) mass is 326 g/mol. The van der Waals surface area contributed by atoms with Crippen LogP contribution in [0.1, 0.15) is 56.0 Å². The maximum atomic E-state index is 12.2. The number of carbonyl (C=O) groups excluding carboxylic acids is 1. The van der Waals surface area contributed by atoms with Crippen LogP contribution in [0.5, 0.6) is 0 Å². The molecule has 128 valence electrons. The summed E-state index contributed by atoms with van der Waals surface area (Å²) in [5.41, 5.74) is 9.81. The predicted octanol–water partition coefficient (Wildman–Crippen LogP) is 4.20. The van der Waals surface area contributed by atoms with Crippen LogP contribution < -0.4 is 5.73 Å². The van der Waals surface area contributed by atoms with Crippen molar-refractivity contribution in [3.63, 3.8) is 0 Å². The zero-order chi connectivity index (χ0) is 17.7. The predicted molar refractivity (Wildman–Crippen MR) is 98.4 cm³/mol. The van der Waals surface area contributed by atoms with E-state index in [1.807, 2.05) is 18.2 Å². The van der Waals surface area contributed by atoms with Crippen molar-refractivity contribution in [1.82, 2.24) is 0 Å². The number of allylic oxidation sites excluding steroid dienone is 3. The second-order valence-corrected chi connectivity index (χ2v) is 6.97. The minimum atomic E-state index is -0.344. The second-order valence-electron chi connectivity index (χ2n) is 6.97. The van der Waals surface area contributed by atoms with Gasteiger partial charge in [-0.05, 0) is 48.8 Å². The van der Waals surface area contributed by atoms with E-state index in [0.717, 1.165) is 12.0 Å². The largest absolute Gasteiger partial charge is 0.410 e. The zero-order valence-electron chi connectivity index (χ0n) is 14.7. The van der Waals surface area contributed by atoms with Crippen LogP contribution >= 0.6 is 0 Å². The van der Waals surface area contributed by atoms with Gasteiger partial charge in [0.2, 0.25) is 5.78 Å². The Hall–Kier alpha value is -2.20. The molecule has 1 aromatic rings. The summed E-state index contributed by atoms with van der Waals surface area (Å²) in [7, 11) is 0. The molecule has 0 heterocycles. The number of nitrogens with two attached hydrogens (primary N) is 1. The molecule has 0 aliphatic heterocycles. The van der Waals surface area contributed by atoms with Crippen LogP contribution in [-0.4, -0.2) is 23.2 Å². The van der Waals surface area contributed by atoms with E-state index in [1.54, 1.807) is 12.1 Å². The number of Topliss-reactive ketones (excluding diaryl/α,β-unsaturated/α-hetero) is 1. The Morgan fingerprint density at radius 1 is 1.38 bits per heavy atom. The smallest absolute Gasteiger partial charge is 0.211 e. The van der Waals surface area contributed by atoms with Gasteiger partial charge in [0.25, 0.3) is 0 Å². The molecule has 24 heavy (non-hydrogen) atoms. The molecule has 3 N–H and O–H groups in total. The van der Waals surface area contributed by atoms with E-state index in [0.29, 0.717) is 5.56 Å². The van der Waals surface area contributed by atoms with Crippen LogP contribution in [0.25, 0.3) is 6.08 Å². The highest BCUT2D eigenvalue weighted by Gasteiger charge is 2.26. The maximum absolute atomic E-state index is 12.2. The number of oxime groups is 1. The number of hydrogen-bond donors (Lipinski definition) is 2. The molecular weight excluding hydrogens is 300 g/mol. The molecule has 1 aliphatic rings. The molecule has 0 unspecified atom stereocenters. The number of rotatable bonds is 5. The fourth-order valence-electron chi connectivity index (χ4n) is 3.32. The molecule has 0 saturated heterocycles.